The number of ether oxygens (including phenoxy) is 1. The summed E-state index contributed by atoms with van der Waals surface area (Å²) in [5, 5.41) is 7.83. The minimum atomic E-state index is -0.147. The largest absolute Gasteiger partial charge is 0.378 e. The number of likely N-dealkylation sites (N-methyl/N-ethyl adjacent to an activating group) is 1. The number of rotatable bonds is 8. The lowest BCUT2D eigenvalue weighted by molar-refractivity contribution is -0.123. The molecule has 0 unspecified atom stereocenters. The van der Waals surface area contributed by atoms with Gasteiger partial charge in [-0.15, -0.1) is 11.3 Å². The normalized spacial score (nSPS) is 15.2. The van der Waals surface area contributed by atoms with Crippen molar-refractivity contribution in [2.24, 2.45) is 0 Å². The highest BCUT2D eigenvalue weighted by Gasteiger charge is 2.15. The molecule has 1 saturated heterocycles. The lowest BCUT2D eigenvalue weighted by Gasteiger charge is -2.28. The van der Waals surface area contributed by atoms with Crippen molar-refractivity contribution < 1.29 is 14.3 Å². The van der Waals surface area contributed by atoms with Crippen molar-refractivity contribution in [1.82, 2.24) is 10.2 Å². The highest BCUT2D eigenvalue weighted by Crippen LogP contribution is 2.19. The monoisotopic (exact) mass is 416 g/mol. The van der Waals surface area contributed by atoms with E-state index in [0.717, 1.165) is 42.6 Å². The van der Waals surface area contributed by atoms with Crippen LogP contribution in [0.15, 0.2) is 41.8 Å². The molecule has 1 aromatic carbocycles. The van der Waals surface area contributed by atoms with Crippen molar-refractivity contribution in [3.8, 4) is 0 Å². The number of carbonyl (C=O) groups excluding carboxylic acids is 2. The van der Waals surface area contributed by atoms with E-state index in [4.69, 9.17) is 4.74 Å². The Kier molecular flexibility index (Phi) is 7.62. The van der Waals surface area contributed by atoms with Crippen LogP contribution in [-0.4, -0.2) is 63.2 Å². The average Bonchev–Trinajstić information content (AvgIpc) is 3.24. The van der Waals surface area contributed by atoms with Gasteiger partial charge in [0.05, 0.1) is 32.3 Å². The molecular formula is C21H28N4O3S. The lowest BCUT2D eigenvalue weighted by atomic mass is 10.2. The van der Waals surface area contributed by atoms with Gasteiger partial charge in [0.25, 0.3) is 0 Å². The third-order valence-electron chi connectivity index (χ3n) is 4.70. The van der Waals surface area contributed by atoms with Gasteiger partial charge in [0.15, 0.2) is 0 Å². The summed E-state index contributed by atoms with van der Waals surface area (Å²) < 4.78 is 5.37. The zero-order chi connectivity index (χ0) is 20.6. The van der Waals surface area contributed by atoms with E-state index < -0.39 is 0 Å². The summed E-state index contributed by atoms with van der Waals surface area (Å²) in [4.78, 5) is 29.6. The third-order valence-corrected chi connectivity index (χ3v) is 5.76. The summed E-state index contributed by atoms with van der Waals surface area (Å²) in [5.74, 6) is -0.248. The highest BCUT2D eigenvalue weighted by molar-refractivity contribution is 7.10. The van der Waals surface area contributed by atoms with Gasteiger partial charge in [-0.05, 0) is 49.7 Å². The molecule has 0 aliphatic carbocycles. The zero-order valence-corrected chi connectivity index (χ0v) is 17.7. The van der Waals surface area contributed by atoms with Crippen molar-refractivity contribution in [2.75, 3.05) is 56.7 Å². The van der Waals surface area contributed by atoms with Gasteiger partial charge in [0.1, 0.15) is 0 Å². The predicted octanol–water partition coefficient (Wildman–Crippen LogP) is 2.33. The first-order valence-electron chi connectivity index (χ1n) is 9.75. The number of nitrogens with zero attached hydrogens (tertiary/aromatic N) is 2. The minimum Gasteiger partial charge on any atom is -0.378 e. The average molecular weight is 417 g/mol. The smallest absolute Gasteiger partial charge is 0.238 e. The van der Waals surface area contributed by atoms with Crippen LogP contribution in [0, 0.1) is 0 Å². The third kappa shape index (κ3) is 6.56. The van der Waals surface area contributed by atoms with Gasteiger partial charge >= 0.3 is 0 Å². The van der Waals surface area contributed by atoms with E-state index in [1.807, 2.05) is 48.7 Å². The van der Waals surface area contributed by atoms with E-state index in [0.29, 0.717) is 0 Å². The molecule has 2 aromatic rings. The lowest BCUT2D eigenvalue weighted by Crippen LogP contribution is -2.39. The van der Waals surface area contributed by atoms with Crippen LogP contribution in [-0.2, 0) is 14.3 Å². The van der Waals surface area contributed by atoms with Gasteiger partial charge in [-0.25, -0.2) is 0 Å². The number of nitrogens with one attached hydrogen (secondary N) is 2. The summed E-state index contributed by atoms with van der Waals surface area (Å²) in [6.07, 6.45) is 0. The molecule has 0 radical (unpaired) electrons. The number of hydrogen-bond donors (Lipinski definition) is 2. The van der Waals surface area contributed by atoms with Crippen LogP contribution < -0.4 is 15.5 Å². The van der Waals surface area contributed by atoms with Gasteiger partial charge in [0.2, 0.25) is 11.8 Å². The van der Waals surface area contributed by atoms with Crippen molar-refractivity contribution in [3.63, 3.8) is 0 Å². The second kappa shape index (κ2) is 10.4. The molecule has 1 aromatic heterocycles. The Labute approximate surface area is 175 Å². The second-order valence-electron chi connectivity index (χ2n) is 7.17. The summed E-state index contributed by atoms with van der Waals surface area (Å²) in [5.41, 5.74) is 1.87. The van der Waals surface area contributed by atoms with E-state index >= 15 is 0 Å². The summed E-state index contributed by atoms with van der Waals surface area (Å²) in [7, 11) is 1.76. The molecule has 0 saturated carbocycles. The van der Waals surface area contributed by atoms with Crippen molar-refractivity contribution in [1.29, 1.82) is 0 Å². The summed E-state index contributed by atoms with van der Waals surface area (Å²) in [6.45, 7) is 5.50. The molecule has 2 amide bonds. The van der Waals surface area contributed by atoms with Crippen molar-refractivity contribution in [3.05, 3.63) is 46.7 Å². The maximum Gasteiger partial charge on any atom is 0.238 e. The van der Waals surface area contributed by atoms with Gasteiger partial charge in [-0.2, -0.15) is 0 Å². The van der Waals surface area contributed by atoms with Gasteiger partial charge in [0, 0.05) is 29.3 Å². The Morgan fingerprint density at radius 1 is 1.14 bits per heavy atom. The Balaban J connectivity index is 1.41. The quantitative estimate of drug-likeness (QED) is 0.691. The molecule has 29 heavy (non-hydrogen) atoms. The summed E-state index contributed by atoms with van der Waals surface area (Å²) >= 11 is 1.61. The SMILES string of the molecule is C[C@H](NC(=O)CN(C)CC(=O)Nc1ccc(N2CCOCC2)cc1)c1cccs1. The molecular weight excluding hydrogens is 388 g/mol. The number of thiophene rings is 1. The fourth-order valence-electron chi connectivity index (χ4n) is 3.22. The maximum atomic E-state index is 12.3. The molecule has 1 aliphatic heterocycles. The van der Waals surface area contributed by atoms with Gasteiger partial charge in [-0.3, -0.25) is 14.5 Å². The highest BCUT2D eigenvalue weighted by atomic mass is 32.1. The Hall–Kier alpha value is -2.42. The first kappa shape index (κ1) is 21.3. The first-order chi connectivity index (χ1) is 14.0. The Bertz CT molecular complexity index is 789. The number of carbonyl (C=O) groups is 2. The van der Waals surface area contributed by atoms with Crippen LogP contribution in [0.5, 0.6) is 0 Å². The number of hydrogen-bond acceptors (Lipinski definition) is 6. The van der Waals surface area contributed by atoms with Crippen LogP contribution in [0.4, 0.5) is 11.4 Å². The molecule has 0 spiro atoms. The molecule has 2 heterocycles. The fraction of sp³-hybridized carbons (Fsp3) is 0.429. The first-order valence-corrected chi connectivity index (χ1v) is 10.6. The number of benzene rings is 1. The molecule has 1 aliphatic rings. The zero-order valence-electron chi connectivity index (χ0n) is 16.9. The van der Waals surface area contributed by atoms with E-state index in [9.17, 15) is 9.59 Å². The van der Waals surface area contributed by atoms with Crippen LogP contribution >= 0.6 is 11.3 Å². The van der Waals surface area contributed by atoms with Crippen molar-refractivity contribution in [2.45, 2.75) is 13.0 Å². The number of anilines is 2. The number of amides is 2. The van der Waals surface area contributed by atoms with Gasteiger partial charge in [-0.1, -0.05) is 6.07 Å². The van der Waals surface area contributed by atoms with Crippen molar-refractivity contribution >= 4 is 34.5 Å². The van der Waals surface area contributed by atoms with E-state index in [1.54, 1.807) is 23.3 Å². The number of morpholine rings is 1. The standard InChI is InChI=1S/C21H28N4O3S/c1-16(19-4-3-13-29-19)22-20(26)14-24(2)15-21(27)23-17-5-7-18(8-6-17)25-9-11-28-12-10-25/h3-8,13,16H,9-12,14-15H2,1-2H3,(H,22,26)(H,23,27)/t16-/m0/s1. The van der Waals surface area contributed by atoms with Crippen LogP contribution in [0.1, 0.15) is 17.8 Å². The van der Waals surface area contributed by atoms with Crippen LogP contribution in [0.25, 0.3) is 0 Å². The maximum absolute atomic E-state index is 12.3. The topological polar surface area (TPSA) is 73.9 Å². The molecule has 7 nitrogen and oxygen atoms in total. The van der Waals surface area contributed by atoms with E-state index in [2.05, 4.69) is 15.5 Å². The van der Waals surface area contributed by atoms with Crippen LogP contribution in [0.3, 0.4) is 0 Å². The summed E-state index contributed by atoms with van der Waals surface area (Å²) in [6, 6.07) is 11.7. The van der Waals surface area contributed by atoms with Crippen LogP contribution in [0.2, 0.25) is 0 Å². The fourth-order valence-corrected chi connectivity index (χ4v) is 3.95. The van der Waals surface area contributed by atoms with E-state index in [-0.39, 0.29) is 30.9 Å². The Morgan fingerprint density at radius 2 is 1.83 bits per heavy atom. The molecule has 8 heteroatoms. The predicted molar refractivity (Wildman–Crippen MR) is 116 cm³/mol. The molecule has 1 atom stereocenters. The molecule has 1 fully saturated rings. The molecule has 156 valence electrons. The Morgan fingerprint density at radius 3 is 2.48 bits per heavy atom. The minimum absolute atomic E-state index is 0.0327. The van der Waals surface area contributed by atoms with Gasteiger partial charge < -0.3 is 20.3 Å². The second-order valence-corrected chi connectivity index (χ2v) is 8.15. The molecule has 3 rings (SSSR count). The molecule has 0 bridgehead atoms. The molecule has 2 N–H and O–H groups in total. The van der Waals surface area contributed by atoms with E-state index in [1.165, 1.54) is 0 Å².